The van der Waals surface area contributed by atoms with Crippen LogP contribution in [-0.2, 0) is 0 Å². The maximum absolute atomic E-state index is 12.8. The molecule has 148 valence electrons. The first-order valence-corrected chi connectivity index (χ1v) is 9.90. The van der Waals surface area contributed by atoms with E-state index in [4.69, 9.17) is 0 Å². The van der Waals surface area contributed by atoms with Gasteiger partial charge in [-0.15, -0.1) is 0 Å². The quantitative estimate of drug-likeness (QED) is 0.443. The van der Waals surface area contributed by atoms with Crippen molar-refractivity contribution in [1.29, 1.82) is 0 Å². The smallest absolute Gasteiger partial charge is 0.271 e. The molecule has 0 N–H and O–H groups in total. The normalized spacial score (nSPS) is 14.1. The monoisotopic (exact) mass is 455 g/mol. The van der Waals surface area contributed by atoms with Crippen LogP contribution >= 0.6 is 15.9 Å². The van der Waals surface area contributed by atoms with Crippen LogP contribution in [0.15, 0.2) is 65.4 Å². The molecule has 0 atom stereocenters. The molecule has 1 aromatic heterocycles. The van der Waals surface area contributed by atoms with Gasteiger partial charge in [0.2, 0.25) is 0 Å². The lowest BCUT2D eigenvalue weighted by molar-refractivity contribution is -0.384. The lowest BCUT2D eigenvalue weighted by Crippen LogP contribution is -2.48. The lowest BCUT2D eigenvalue weighted by Gasteiger charge is -2.36. The summed E-state index contributed by atoms with van der Waals surface area (Å²) in [5, 5.41) is 15.2. The Morgan fingerprint density at radius 3 is 2.38 bits per heavy atom. The Balaban J connectivity index is 1.40. The highest BCUT2D eigenvalue weighted by atomic mass is 79.9. The van der Waals surface area contributed by atoms with Gasteiger partial charge in [0.15, 0.2) is 0 Å². The molecule has 8 nitrogen and oxygen atoms in total. The predicted molar refractivity (Wildman–Crippen MR) is 112 cm³/mol. The Labute approximate surface area is 175 Å². The van der Waals surface area contributed by atoms with Crippen LogP contribution in [-0.4, -0.2) is 51.7 Å². The molecule has 0 spiro atoms. The molecule has 0 radical (unpaired) electrons. The first-order valence-electron chi connectivity index (χ1n) is 9.10. The van der Waals surface area contributed by atoms with E-state index in [2.05, 4.69) is 25.9 Å². The van der Waals surface area contributed by atoms with Crippen LogP contribution in [0.1, 0.15) is 10.4 Å². The third-order valence-corrected chi connectivity index (χ3v) is 5.31. The second-order valence-corrected chi connectivity index (χ2v) is 7.62. The van der Waals surface area contributed by atoms with E-state index in [0.717, 1.165) is 15.8 Å². The molecule has 0 aliphatic carbocycles. The minimum atomic E-state index is -0.394. The van der Waals surface area contributed by atoms with Crippen LogP contribution in [0.4, 0.5) is 11.4 Å². The minimum Gasteiger partial charge on any atom is -0.368 e. The fourth-order valence-electron chi connectivity index (χ4n) is 3.35. The Morgan fingerprint density at radius 1 is 1.03 bits per heavy atom. The zero-order chi connectivity index (χ0) is 20.4. The lowest BCUT2D eigenvalue weighted by atomic mass is 10.1. The van der Waals surface area contributed by atoms with Crippen molar-refractivity contribution in [3.05, 3.63) is 81.1 Å². The number of piperazine rings is 1. The van der Waals surface area contributed by atoms with Gasteiger partial charge in [-0.2, -0.15) is 5.10 Å². The molecule has 2 heterocycles. The fraction of sp³-hybridized carbons (Fsp3) is 0.200. The van der Waals surface area contributed by atoms with Crippen molar-refractivity contribution in [1.82, 2.24) is 14.7 Å². The topological polar surface area (TPSA) is 84.5 Å². The highest BCUT2D eigenvalue weighted by Gasteiger charge is 2.23. The highest BCUT2D eigenvalue weighted by Crippen LogP contribution is 2.23. The Hall–Kier alpha value is -3.20. The summed E-state index contributed by atoms with van der Waals surface area (Å²) in [6.07, 6.45) is 3.56. The average molecular weight is 456 g/mol. The van der Waals surface area contributed by atoms with Crippen molar-refractivity contribution in [2.75, 3.05) is 31.1 Å². The van der Waals surface area contributed by atoms with Crippen molar-refractivity contribution in [3.8, 4) is 5.69 Å². The first-order chi connectivity index (χ1) is 14.0. The van der Waals surface area contributed by atoms with Crippen LogP contribution in [0, 0.1) is 10.1 Å². The van der Waals surface area contributed by atoms with E-state index >= 15 is 0 Å². The number of nitro groups is 1. The van der Waals surface area contributed by atoms with Gasteiger partial charge in [-0.05, 0) is 46.3 Å². The molecular formula is C20H18BrN5O3. The summed E-state index contributed by atoms with van der Waals surface area (Å²) >= 11 is 3.37. The number of aromatic nitrogens is 2. The summed E-state index contributed by atoms with van der Waals surface area (Å²) in [5.41, 5.74) is 2.39. The second kappa shape index (κ2) is 8.04. The van der Waals surface area contributed by atoms with E-state index in [9.17, 15) is 14.9 Å². The number of benzene rings is 2. The standard InChI is InChI=1S/C20H18BrN5O3/c21-16-13-22-25(14-16)17-6-4-15(5-7-17)20(27)24-10-8-23(9-11-24)18-2-1-3-19(12-18)26(28)29/h1-7,12-14H,8-11H2. The summed E-state index contributed by atoms with van der Waals surface area (Å²) < 4.78 is 2.62. The van der Waals surface area contributed by atoms with E-state index in [1.54, 1.807) is 35.1 Å². The molecule has 2 aromatic carbocycles. The molecule has 1 saturated heterocycles. The first kappa shape index (κ1) is 19.1. The maximum Gasteiger partial charge on any atom is 0.271 e. The Morgan fingerprint density at radius 2 is 1.76 bits per heavy atom. The molecule has 0 saturated carbocycles. The summed E-state index contributed by atoms with van der Waals surface area (Å²) in [6, 6.07) is 13.9. The van der Waals surface area contributed by atoms with E-state index in [1.807, 2.05) is 29.3 Å². The van der Waals surface area contributed by atoms with Gasteiger partial charge >= 0.3 is 0 Å². The van der Waals surface area contributed by atoms with Crippen molar-refractivity contribution in [2.45, 2.75) is 0 Å². The number of halogens is 1. The molecule has 4 rings (SSSR count). The summed E-state index contributed by atoms with van der Waals surface area (Å²) in [5.74, 6) is -0.0168. The number of carbonyl (C=O) groups excluding carboxylic acids is 1. The molecular weight excluding hydrogens is 438 g/mol. The zero-order valence-electron chi connectivity index (χ0n) is 15.4. The molecule has 1 fully saturated rings. The van der Waals surface area contributed by atoms with E-state index in [0.29, 0.717) is 31.7 Å². The van der Waals surface area contributed by atoms with Gasteiger partial charge in [0.25, 0.3) is 11.6 Å². The van der Waals surface area contributed by atoms with Gasteiger partial charge in [0.05, 0.1) is 21.3 Å². The summed E-state index contributed by atoms with van der Waals surface area (Å²) in [7, 11) is 0. The molecule has 0 bridgehead atoms. The summed E-state index contributed by atoms with van der Waals surface area (Å²) in [4.78, 5) is 27.3. The predicted octanol–water partition coefficient (Wildman–Crippen LogP) is 3.51. The van der Waals surface area contributed by atoms with E-state index in [1.165, 1.54) is 6.07 Å². The number of amides is 1. The molecule has 9 heteroatoms. The molecule has 3 aromatic rings. The number of non-ortho nitro benzene ring substituents is 1. The second-order valence-electron chi connectivity index (χ2n) is 6.71. The largest absolute Gasteiger partial charge is 0.368 e. The average Bonchev–Trinajstić information content (AvgIpc) is 3.20. The molecule has 1 aliphatic rings. The van der Waals surface area contributed by atoms with Gasteiger partial charge in [0, 0.05) is 55.8 Å². The van der Waals surface area contributed by atoms with E-state index < -0.39 is 4.92 Å². The number of carbonyl (C=O) groups is 1. The SMILES string of the molecule is O=C(c1ccc(-n2cc(Br)cn2)cc1)N1CCN(c2cccc([N+](=O)[O-])c2)CC1. The number of hydrogen-bond acceptors (Lipinski definition) is 5. The Bertz CT molecular complexity index is 1040. The number of hydrogen-bond donors (Lipinski definition) is 0. The zero-order valence-corrected chi connectivity index (χ0v) is 17.0. The highest BCUT2D eigenvalue weighted by molar-refractivity contribution is 9.10. The maximum atomic E-state index is 12.8. The van der Waals surface area contributed by atoms with Crippen molar-refractivity contribution in [3.63, 3.8) is 0 Å². The number of nitro benzene ring substituents is 1. The molecule has 1 aliphatic heterocycles. The van der Waals surface area contributed by atoms with Crippen molar-refractivity contribution >= 4 is 33.2 Å². The number of nitrogens with zero attached hydrogens (tertiary/aromatic N) is 5. The van der Waals surface area contributed by atoms with Crippen LogP contribution in [0.3, 0.4) is 0 Å². The van der Waals surface area contributed by atoms with Gasteiger partial charge < -0.3 is 9.80 Å². The summed E-state index contributed by atoms with van der Waals surface area (Å²) in [6.45, 7) is 2.39. The van der Waals surface area contributed by atoms with E-state index in [-0.39, 0.29) is 11.6 Å². The number of rotatable bonds is 4. The Kier molecular flexibility index (Phi) is 5.30. The van der Waals surface area contributed by atoms with Crippen molar-refractivity contribution in [2.24, 2.45) is 0 Å². The van der Waals surface area contributed by atoms with Crippen LogP contribution in [0.5, 0.6) is 0 Å². The number of anilines is 1. The van der Waals surface area contributed by atoms with Gasteiger partial charge in [-0.3, -0.25) is 14.9 Å². The fourth-order valence-corrected chi connectivity index (χ4v) is 3.64. The minimum absolute atomic E-state index is 0.0168. The van der Waals surface area contributed by atoms with Gasteiger partial charge in [0.1, 0.15) is 0 Å². The molecule has 1 amide bonds. The van der Waals surface area contributed by atoms with Crippen LogP contribution < -0.4 is 4.90 Å². The van der Waals surface area contributed by atoms with Gasteiger partial charge in [-0.25, -0.2) is 4.68 Å². The third kappa shape index (κ3) is 4.14. The molecule has 0 unspecified atom stereocenters. The van der Waals surface area contributed by atoms with Crippen LogP contribution in [0.25, 0.3) is 5.69 Å². The van der Waals surface area contributed by atoms with Crippen molar-refractivity contribution < 1.29 is 9.72 Å². The van der Waals surface area contributed by atoms with Gasteiger partial charge in [-0.1, -0.05) is 6.07 Å². The molecule has 29 heavy (non-hydrogen) atoms. The van der Waals surface area contributed by atoms with Crippen LogP contribution in [0.2, 0.25) is 0 Å². The third-order valence-electron chi connectivity index (χ3n) is 4.90.